The summed E-state index contributed by atoms with van der Waals surface area (Å²) in [6, 6.07) is 9.91. The molecule has 2 aromatic heterocycles. The molecule has 0 unspecified atom stereocenters. The summed E-state index contributed by atoms with van der Waals surface area (Å²) >= 11 is 0. The Morgan fingerprint density at radius 3 is 2.79 bits per heavy atom. The molecular formula is C28H28FN7O2. The van der Waals surface area contributed by atoms with Crippen LogP contribution in [0.1, 0.15) is 30.5 Å². The number of hydrogen-bond acceptors (Lipinski definition) is 6. The highest BCUT2D eigenvalue weighted by Gasteiger charge is 2.55. The second kappa shape index (κ2) is 10.2. The van der Waals surface area contributed by atoms with Crippen molar-refractivity contribution < 1.29 is 14.0 Å². The summed E-state index contributed by atoms with van der Waals surface area (Å²) in [4.78, 5) is 36.8. The van der Waals surface area contributed by atoms with Crippen LogP contribution in [0.2, 0.25) is 0 Å². The van der Waals surface area contributed by atoms with Crippen molar-refractivity contribution in [1.82, 2.24) is 14.8 Å². The number of aryl methyl sites for hydroxylation is 1. The molecule has 5 rings (SSSR count). The Morgan fingerprint density at radius 1 is 1.29 bits per heavy atom. The van der Waals surface area contributed by atoms with Gasteiger partial charge in [-0.05, 0) is 54.5 Å². The molecule has 1 aliphatic heterocycles. The predicted octanol–water partition coefficient (Wildman–Crippen LogP) is 3.70. The van der Waals surface area contributed by atoms with Crippen molar-refractivity contribution in [3.63, 3.8) is 0 Å². The Labute approximate surface area is 220 Å². The van der Waals surface area contributed by atoms with E-state index < -0.39 is 17.1 Å². The van der Waals surface area contributed by atoms with E-state index in [2.05, 4.69) is 26.5 Å². The molecule has 1 aliphatic carbocycles. The van der Waals surface area contributed by atoms with Crippen molar-refractivity contribution in [2.45, 2.75) is 32.1 Å². The summed E-state index contributed by atoms with van der Waals surface area (Å²) in [6.07, 6.45) is 7.82. The van der Waals surface area contributed by atoms with E-state index in [1.54, 1.807) is 60.5 Å². The molecule has 194 valence electrons. The number of carbonyl (C=O) groups excluding carboxylic acids is 2. The van der Waals surface area contributed by atoms with Crippen molar-refractivity contribution in [3.8, 4) is 17.2 Å². The highest BCUT2D eigenvalue weighted by atomic mass is 19.1. The third-order valence-electron chi connectivity index (χ3n) is 7.12. The first kappa shape index (κ1) is 25.3. The van der Waals surface area contributed by atoms with E-state index in [-0.39, 0.29) is 24.6 Å². The SMILES string of the molecule is C/N=C\[C@@]1(C2CC2)CCN(c2cc(CC#N)nc(NC(=O)Cc3cc(F)cc(-c4cnn(C)c4)c3)c2)C1=O. The monoisotopic (exact) mass is 513 g/mol. The lowest BCUT2D eigenvalue weighted by atomic mass is 9.82. The molecule has 3 heterocycles. The van der Waals surface area contributed by atoms with Gasteiger partial charge in [0.2, 0.25) is 11.8 Å². The number of carbonyl (C=O) groups is 2. The summed E-state index contributed by atoms with van der Waals surface area (Å²) < 4.78 is 16.0. The normalized spacial score (nSPS) is 19.2. The largest absolute Gasteiger partial charge is 0.311 e. The molecule has 1 N–H and O–H groups in total. The number of aromatic nitrogens is 3. The molecule has 2 aliphatic rings. The lowest BCUT2D eigenvalue weighted by Crippen LogP contribution is -2.37. The second-order valence-corrected chi connectivity index (χ2v) is 9.92. The number of aliphatic imine (C=N–C) groups is 1. The summed E-state index contributed by atoms with van der Waals surface area (Å²) in [6.45, 7) is 0.519. The van der Waals surface area contributed by atoms with Gasteiger partial charge in [-0.3, -0.25) is 19.3 Å². The fourth-order valence-electron chi connectivity index (χ4n) is 5.26. The maximum Gasteiger partial charge on any atom is 0.238 e. The number of amides is 2. The molecule has 0 spiro atoms. The minimum atomic E-state index is -0.597. The van der Waals surface area contributed by atoms with Crippen molar-refractivity contribution >= 4 is 29.5 Å². The zero-order valence-corrected chi connectivity index (χ0v) is 21.3. The van der Waals surface area contributed by atoms with Crippen LogP contribution in [-0.2, 0) is 29.5 Å². The zero-order chi connectivity index (χ0) is 26.9. The van der Waals surface area contributed by atoms with Gasteiger partial charge in [-0.25, -0.2) is 9.37 Å². The number of nitriles is 1. The fraction of sp³-hybridized carbons (Fsp3) is 0.357. The average Bonchev–Trinajstić information content (AvgIpc) is 3.55. The van der Waals surface area contributed by atoms with Crippen molar-refractivity contribution in [2.24, 2.45) is 23.4 Å². The van der Waals surface area contributed by atoms with E-state index in [0.717, 1.165) is 18.4 Å². The van der Waals surface area contributed by atoms with Crippen LogP contribution < -0.4 is 10.2 Å². The van der Waals surface area contributed by atoms with Gasteiger partial charge < -0.3 is 10.2 Å². The van der Waals surface area contributed by atoms with Gasteiger partial charge >= 0.3 is 0 Å². The Kier molecular flexibility index (Phi) is 6.76. The molecule has 0 radical (unpaired) electrons. The fourth-order valence-corrected chi connectivity index (χ4v) is 5.26. The number of anilines is 2. The van der Waals surface area contributed by atoms with Crippen LogP contribution in [0.25, 0.3) is 11.1 Å². The van der Waals surface area contributed by atoms with E-state index in [0.29, 0.717) is 41.4 Å². The average molecular weight is 514 g/mol. The van der Waals surface area contributed by atoms with Crippen LogP contribution in [0, 0.1) is 28.5 Å². The Balaban J connectivity index is 1.37. The van der Waals surface area contributed by atoms with Crippen LogP contribution in [-0.4, -0.2) is 46.4 Å². The first-order chi connectivity index (χ1) is 18.3. The molecule has 10 heteroatoms. The molecular weight excluding hydrogens is 485 g/mol. The van der Waals surface area contributed by atoms with Crippen molar-refractivity contribution in [3.05, 3.63) is 59.8 Å². The van der Waals surface area contributed by atoms with Gasteiger partial charge in [0.25, 0.3) is 0 Å². The van der Waals surface area contributed by atoms with Gasteiger partial charge in [0.1, 0.15) is 11.6 Å². The minimum absolute atomic E-state index is 0.0142. The van der Waals surface area contributed by atoms with Gasteiger partial charge in [-0.2, -0.15) is 10.4 Å². The first-order valence-electron chi connectivity index (χ1n) is 12.5. The standard InChI is InChI=1S/C28H28FN7O2/c1-31-17-28(21-3-4-21)6-8-36(27(28)38)24-13-23(5-7-30)33-25(14-24)34-26(37)11-18-9-19(12-22(29)10-18)20-15-32-35(2)16-20/h9-10,12-17,21H,3-6,8,11H2,1-2H3,(H,33,34,37)/b31-17-/t28-/m1/s1. The number of nitrogens with one attached hydrogen (secondary N) is 1. The first-order valence-corrected chi connectivity index (χ1v) is 12.5. The number of halogens is 1. The van der Waals surface area contributed by atoms with Crippen LogP contribution in [0.4, 0.5) is 15.9 Å². The molecule has 1 atom stereocenters. The third kappa shape index (κ3) is 5.05. The summed E-state index contributed by atoms with van der Waals surface area (Å²) in [5.74, 6) is -0.320. The Bertz CT molecular complexity index is 1470. The molecule has 1 saturated carbocycles. The molecule has 2 fully saturated rings. The van der Waals surface area contributed by atoms with E-state index >= 15 is 0 Å². The minimum Gasteiger partial charge on any atom is -0.311 e. The van der Waals surface area contributed by atoms with Crippen molar-refractivity contribution in [1.29, 1.82) is 5.26 Å². The number of hydrogen-bond donors (Lipinski definition) is 1. The lowest BCUT2D eigenvalue weighted by Gasteiger charge is -2.24. The second-order valence-electron chi connectivity index (χ2n) is 9.92. The van der Waals surface area contributed by atoms with Gasteiger partial charge in [-0.15, -0.1) is 0 Å². The van der Waals surface area contributed by atoms with Gasteiger partial charge in [0, 0.05) is 50.4 Å². The van der Waals surface area contributed by atoms with Crippen LogP contribution in [0.15, 0.2) is 47.7 Å². The molecule has 0 bridgehead atoms. The van der Waals surface area contributed by atoms with E-state index in [1.807, 2.05) is 0 Å². The van der Waals surface area contributed by atoms with Crippen LogP contribution >= 0.6 is 0 Å². The van der Waals surface area contributed by atoms with Gasteiger partial charge in [0.05, 0.1) is 36.2 Å². The maximum absolute atomic E-state index is 14.3. The lowest BCUT2D eigenvalue weighted by molar-refractivity contribution is -0.123. The zero-order valence-electron chi connectivity index (χ0n) is 21.3. The molecule has 2 amide bonds. The van der Waals surface area contributed by atoms with Crippen LogP contribution in [0.3, 0.4) is 0 Å². The van der Waals surface area contributed by atoms with E-state index in [9.17, 15) is 19.2 Å². The highest BCUT2D eigenvalue weighted by Crippen LogP contribution is 2.51. The number of rotatable bonds is 8. The summed E-state index contributed by atoms with van der Waals surface area (Å²) in [5.41, 5.74) is 2.31. The quantitative estimate of drug-likeness (QED) is 0.461. The number of pyridine rings is 1. The predicted molar refractivity (Wildman–Crippen MR) is 141 cm³/mol. The van der Waals surface area contributed by atoms with Gasteiger partial charge in [-0.1, -0.05) is 6.07 Å². The molecule has 38 heavy (non-hydrogen) atoms. The van der Waals surface area contributed by atoms with E-state index in [4.69, 9.17) is 0 Å². The molecule has 9 nitrogen and oxygen atoms in total. The molecule has 3 aromatic rings. The Morgan fingerprint density at radius 2 is 2.11 bits per heavy atom. The molecule has 1 aromatic carbocycles. The van der Waals surface area contributed by atoms with Crippen LogP contribution in [0.5, 0.6) is 0 Å². The third-order valence-corrected chi connectivity index (χ3v) is 7.12. The number of nitrogens with zero attached hydrogens (tertiary/aromatic N) is 6. The van der Waals surface area contributed by atoms with Crippen molar-refractivity contribution in [2.75, 3.05) is 23.8 Å². The smallest absolute Gasteiger partial charge is 0.238 e. The van der Waals surface area contributed by atoms with Gasteiger partial charge in [0.15, 0.2) is 0 Å². The summed E-state index contributed by atoms with van der Waals surface area (Å²) in [7, 11) is 3.46. The van der Waals surface area contributed by atoms with E-state index in [1.165, 1.54) is 12.1 Å². The number of benzene rings is 1. The summed E-state index contributed by atoms with van der Waals surface area (Å²) in [5, 5.41) is 16.1. The molecule has 1 saturated heterocycles. The highest BCUT2D eigenvalue weighted by molar-refractivity contribution is 6.10. The maximum atomic E-state index is 14.3. The Hall–Kier alpha value is -4.39. The topological polar surface area (TPSA) is 116 Å².